The Morgan fingerprint density at radius 3 is 2.85 bits per heavy atom. The van der Waals surface area contributed by atoms with Crippen LogP contribution in [0.25, 0.3) is 0 Å². The van der Waals surface area contributed by atoms with Crippen LogP contribution < -0.4 is 0 Å². The van der Waals surface area contributed by atoms with Gasteiger partial charge in [0.2, 0.25) is 0 Å². The summed E-state index contributed by atoms with van der Waals surface area (Å²) in [4.78, 5) is 2.46. The lowest BCUT2D eigenvalue weighted by atomic mass is 9.95. The highest BCUT2D eigenvalue weighted by Crippen LogP contribution is 2.25. The van der Waals surface area contributed by atoms with Crippen LogP contribution in [0.2, 0.25) is 0 Å². The number of piperidine rings is 1. The maximum atomic E-state index is 5.66. The molecule has 0 bridgehead atoms. The minimum atomic E-state index is 0. The SMILES string of the molecule is COC1(C)CCCN(Cc2nnc3n2CCCC3)C1.I. The van der Waals surface area contributed by atoms with Gasteiger partial charge in [-0.05, 0) is 39.2 Å². The van der Waals surface area contributed by atoms with Crippen molar-refractivity contribution in [3.05, 3.63) is 11.6 Å². The van der Waals surface area contributed by atoms with Crippen molar-refractivity contribution >= 4 is 24.0 Å². The van der Waals surface area contributed by atoms with Gasteiger partial charge < -0.3 is 9.30 Å². The van der Waals surface area contributed by atoms with Crippen molar-refractivity contribution in [2.45, 2.75) is 57.7 Å². The molecule has 20 heavy (non-hydrogen) atoms. The zero-order chi connectivity index (χ0) is 13.3. The second-order valence-corrected chi connectivity index (χ2v) is 6.11. The fourth-order valence-corrected chi connectivity index (χ4v) is 3.29. The summed E-state index contributed by atoms with van der Waals surface area (Å²) in [5.41, 5.74) is 0.00298. The first-order valence-electron chi connectivity index (χ1n) is 7.39. The summed E-state index contributed by atoms with van der Waals surface area (Å²) >= 11 is 0. The van der Waals surface area contributed by atoms with Crippen LogP contribution in [0.4, 0.5) is 0 Å². The number of fused-ring (bicyclic) bond motifs is 1. The van der Waals surface area contributed by atoms with Crippen molar-refractivity contribution in [3.63, 3.8) is 0 Å². The van der Waals surface area contributed by atoms with Crippen molar-refractivity contribution in [1.82, 2.24) is 19.7 Å². The third kappa shape index (κ3) is 3.33. The first kappa shape index (κ1) is 16.2. The minimum Gasteiger partial charge on any atom is -0.377 e. The Bertz CT molecular complexity index is 450. The lowest BCUT2D eigenvalue weighted by Crippen LogP contribution is -2.47. The summed E-state index contributed by atoms with van der Waals surface area (Å²) in [6, 6.07) is 0. The number of halogens is 1. The molecule has 1 unspecified atom stereocenters. The molecular weight excluding hydrogens is 367 g/mol. The normalized spacial score (nSPS) is 26.9. The van der Waals surface area contributed by atoms with Gasteiger partial charge in [-0.15, -0.1) is 34.2 Å². The van der Waals surface area contributed by atoms with Gasteiger partial charge in [-0.25, -0.2) is 0 Å². The Kier molecular flexibility index (Phi) is 5.42. The maximum absolute atomic E-state index is 5.66. The Morgan fingerprint density at radius 1 is 1.20 bits per heavy atom. The van der Waals surface area contributed by atoms with Gasteiger partial charge in [0.15, 0.2) is 0 Å². The van der Waals surface area contributed by atoms with Gasteiger partial charge >= 0.3 is 0 Å². The van der Waals surface area contributed by atoms with E-state index in [9.17, 15) is 0 Å². The third-order valence-electron chi connectivity index (χ3n) is 4.53. The third-order valence-corrected chi connectivity index (χ3v) is 4.53. The van der Waals surface area contributed by atoms with Crippen LogP contribution in [0.15, 0.2) is 0 Å². The van der Waals surface area contributed by atoms with E-state index in [1.54, 1.807) is 0 Å². The molecule has 0 spiro atoms. The van der Waals surface area contributed by atoms with E-state index in [4.69, 9.17) is 4.74 Å². The molecule has 6 heteroatoms. The number of methoxy groups -OCH3 is 1. The summed E-state index contributed by atoms with van der Waals surface area (Å²) in [7, 11) is 1.82. The topological polar surface area (TPSA) is 43.2 Å². The van der Waals surface area contributed by atoms with E-state index < -0.39 is 0 Å². The molecule has 3 rings (SSSR count). The number of hydrogen-bond donors (Lipinski definition) is 0. The molecule has 0 radical (unpaired) electrons. The molecule has 1 aromatic rings. The van der Waals surface area contributed by atoms with Crippen LogP contribution in [0.3, 0.4) is 0 Å². The van der Waals surface area contributed by atoms with Crippen molar-refractivity contribution < 1.29 is 4.74 Å². The minimum absolute atomic E-state index is 0. The van der Waals surface area contributed by atoms with E-state index in [2.05, 4.69) is 26.6 Å². The van der Waals surface area contributed by atoms with Crippen LogP contribution in [-0.4, -0.2) is 45.5 Å². The molecule has 0 saturated carbocycles. The lowest BCUT2D eigenvalue weighted by molar-refractivity contribution is -0.0534. The number of rotatable bonds is 3. The van der Waals surface area contributed by atoms with Crippen LogP contribution in [0.1, 0.15) is 44.3 Å². The van der Waals surface area contributed by atoms with E-state index in [0.29, 0.717) is 0 Å². The van der Waals surface area contributed by atoms with Crippen LogP contribution >= 0.6 is 24.0 Å². The van der Waals surface area contributed by atoms with E-state index >= 15 is 0 Å². The van der Waals surface area contributed by atoms with Crippen LogP contribution in [0, 0.1) is 0 Å². The molecule has 0 amide bonds. The number of aryl methyl sites for hydroxylation is 1. The highest BCUT2D eigenvalue weighted by atomic mass is 127. The van der Waals surface area contributed by atoms with Crippen molar-refractivity contribution in [3.8, 4) is 0 Å². The average molecular weight is 392 g/mol. The zero-order valence-electron chi connectivity index (χ0n) is 12.5. The first-order chi connectivity index (χ1) is 9.20. The van der Waals surface area contributed by atoms with E-state index in [1.807, 2.05) is 7.11 Å². The Hall–Kier alpha value is -0.210. The van der Waals surface area contributed by atoms with Gasteiger partial charge in [-0.2, -0.15) is 0 Å². The second-order valence-electron chi connectivity index (χ2n) is 6.11. The fourth-order valence-electron chi connectivity index (χ4n) is 3.29. The second kappa shape index (κ2) is 6.70. The molecule has 1 aromatic heterocycles. The molecule has 2 aliphatic heterocycles. The predicted octanol–water partition coefficient (Wildman–Crippen LogP) is 2.23. The van der Waals surface area contributed by atoms with Gasteiger partial charge in [0.05, 0.1) is 12.1 Å². The largest absolute Gasteiger partial charge is 0.377 e. The predicted molar refractivity (Wildman–Crippen MR) is 88.3 cm³/mol. The quantitative estimate of drug-likeness (QED) is 0.741. The Balaban J connectivity index is 0.00000147. The van der Waals surface area contributed by atoms with Gasteiger partial charge in [0.1, 0.15) is 11.6 Å². The summed E-state index contributed by atoms with van der Waals surface area (Å²) in [6.07, 6.45) is 5.95. The van der Waals surface area contributed by atoms with Gasteiger partial charge in [-0.3, -0.25) is 4.90 Å². The zero-order valence-corrected chi connectivity index (χ0v) is 14.8. The molecule has 114 valence electrons. The molecule has 3 heterocycles. The van der Waals surface area contributed by atoms with E-state index in [1.165, 1.54) is 25.1 Å². The van der Waals surface area contributed by atoms with Crippen molar-refractivity contribution in [2.75, 3.05) is 20.2 Å². The molecule has 0 N–H and O–H groups in total. The number of ether oxygens (including phenoxy) is 1. The van der Waals surface area contributed by atoms with Crippen LogP contribution in [0.5, 0.6) is 0 Å². The molecule has 0 aliphatic carbocycles. The van der Waals surface area contributed by atoms with Gasteiger partial charge in [0, 0.05) is 26.6 Å². The monoisotopic (exact) mass is 392 g/mol. The molecular formula is C14H25IN4O. The maximum Gasteiger partial charge on any atom is 0.147 e. The molecule has 1 atom stereocenters. The summed E-state index contributed by atoms with van der Waals surface area (Å²) in [6.45, 7) is 6.34. The highest BCUT2D eigenvalue weighted by Gasteiger charge is 2.31. The smallest absolute Gasteiger partial charge is 0.147 e. The Labute approximate surface area is 138 Å². The first-order valence-corrected chi connectivity index (χ1v) is 7.39. The summed E-state index contributed by atoms with van der Waals surface area (Å²) < 4.78 is 7.98. The standard InChI is InChI=1S/C14H24N4O.HI/c1-14(19-2)7-5-8-17(11-14)10-13-16-15-12-6-3-4-9-18(12)13;/h3-11H2,1-2H3;1H. The van der Waals surface area contributed by atoms with E-state index in [-0.39, 0.29) is 29.6 Å². The summed E-state index contributed by atoms with van der Waals surface area (Å²) in [5.74, 6) is 2.31. The average Bonchev–Trinajstić information content (AvgIpc) is 2.83. The molecule has 0 aromatic carbocycles. The Morgan fingerprint density at radius 2 is 2.05 bits per heavy atom. The summed E-state index contributed by atoms with van der Waals surface area (Å²) in [5, 5.41) is 8.73. The van der Waals surface area contributed by atoms with E-state index in [0.717, 1.165) is 44.8 Å². The number of likely N-dealkylation sites (tertiary alicyclic amines) is 1. The number of aromatic nitrogens is 3. The molecule has 2 aliphatic rings. The lowest BCUT2D eigenvalue weighted by Gasteiger charge is -2.39. The van der Waals surface area contributed by atoms with Crippen molar-refractivity contribution in [1.29, 1.82) is 0 Å². The fraction of sp³-hybridized carbons (Fsp3) is 0.857. The van der Waals surface area contributed by atoms with Gasteiger partial charge in [-0.1, -0.05) is 0 Å². The van der Waals surface area contributed by atoms with Crippen molar-refractivity contribution in [2.24, 2.45) is 0 Å². The molecule has 5 nitrogen and oxygen atoms in total. The molecule has 1 fully saturated rings. The molecule has 1 saturated heterocycles. The highest BCUT2D eigenvalue weighted by molar-refractivity contribution is 14.0. The number of nitrogens with zero attached hydrogens (tertiary/aromatic N) is 4. The van der Waals surface area contributed by atoms with Gasteiger partial charge in [0.25, 0.3) is 0 Å². The van der Waals surface area contributed by atoms with Crippen LogP contribution in [-0.2, 0) is 24.2 Å². The number of hydrogen-bond acceptors (Lipinski definition) is 4.